The van der Waals surface area contributed by atoms with Gasteiger partial charge in [0.05, 0.1) is 6.07 Å². The van der Waals surface area contributed by atoms with E-state index in [-0.39, 0.29) is 0 Å². The summed E-state index contributed by atoms with van der Waals surface area (Å²) in [5.41, 5.74) is 0. The molecule has 0 aromatic carbocycles. The number of nitriles is 1. The molecule has 1 aliphatic rings. The summed E-state index contributed by atoms with van der Waals surface area (Å²) in [6.45, 7) is 0. The zero-order chi connectivity index (χ0) is 5.11. The number of hydrogen-bond donors (Lipinski definition) is 0. The van der Waals surface area contributed by atoms with Crippen molar-refractivity contribution in [3.05, 3.63) is 12.2 Å². The van der Waals surface area contributed by atoms with Crippen LogP contribution in [-0.4, -0.2) is 0 Å². The molecule has 0 amide bonds. The molecular weight excluding hydrogens is 86.1 g/mol. The van der Waals surface area contributed by atoms with Crippen molar-refractivity contribution in [3.8, 4) is 6.07 Å². The van der Waals surface area contributed by atoms with E-state index in [1.807, 2.05) is 12.1 Å². The van der Waals surface area contributed by atoms with E-state index in [0.29, 0.717) is 0 Å². The van der Waals surface area contributed by atoms with Crippen molar-refractivity contribution < 1.29 is 0 Å². The van der Waals surface area contributed by atoms with E-state index in [2.05, 4.69) is 0 Å². The normalized spacial score (nSPS) is 19.9. The van der Waals surface area contributed by atoms with Crippen LogP contribution in [0.15, 0.2) is 12.2 Å². The predicted molar refractivity (Wildman–Crippen MR) is 27.5 cm³/mol. The Morgan fingerprint density at radius 3 is 2.71 bits per heavy atom. The van der Waals surface area contributed by atoms with E-state index < -0.39 is 0 Å². The molecule has 1 nitrogen and oxygen atoms in total. The average Bonchev–Trinajstić information content (AvgIpc) is 2.42. The Morgan fingerprint density at radius 2 is 2.29 bits per heavy atom. The first-order chi connectivity index (χ1) is 3.43. The Bertz CT molecular complexity index is 115. The van der Waals surface area contributed by atoms with Gasteiger partial charge in [0.25, 0.3) is 0 Å². The maximum Gasteiger partial charge on any atom is 0.0908 e. The maximum absolute atomic E-state index is 8.01. The predicted octanol–water partition coefficient (Wildman–Crippen LogP) is 1.48. The Labute approximate surface area is 43.3 Å². The molecule has 0 aliphatic heterocycles. The summed E-state index contributed by atoms with van der Waals surface area (Å²) in [6.07, 6.45) is 6.12. The van der Waals surface area contributed by atoms with Crippen molar-refractivity contribution in [1.82, 2.24) is 0 Å². The molecule has 1 saturated carbocycles. The van der Waals surface area contributed by atoms with Crippen molar-refractivity contribution in [2.75, 3.05) is 0 Å². The van der Waals surface area contributed by atoms with Gasteiger partial charge in [-0.15, -0.1) is 0 Å². The fraction of sp³-hybridized carbons (Fsp3) is 0.500. The molecule has 0 radical (unpaired) electrons. The second-order valence-electron chi connectivity index (χ2n) is 1.83. The van der Waals surface area contributed by atoms with Crippen molar-refractivity contribution in [2.45, 2.75) is 12.8 Å². The molecule has 0 saturated heterocycles. The summed E-state index contributed by atoms with van der Waals surface area (Å²) in [5.74, 6) is 0.750. The largest absolute Gasteiger partial charge is 0.193 e. The third kappa shape index (κ3) is 1.41. The van der Waals surface area contributed by atoms with Gasteiger partial charge in [0.2, 0.25) is 0 Å². The first-order valence-corrected chi connectivity index (χ1v) is 2.50. The molecule has 0 spiro atoms. The third-order valence-electron chi connectivity index (χ3n) is 1.06. The van der Waals surface area contributed by atoms with E-state index >= 15 is 0 Å². The minimum Gasteiger partial charge on any atom is -0.193 e. The van der Waals surface area contributed by atoms with Crippen LogP contribution in [0.3, 0.4) is 0 Å². The van der Waals surface area contributed by atoms with E-state index in [4.69, 9.17) is 5.26 Å². The number of nitrogens with zero attached hydrogens (tertiary/aromatic N) is 1. The lowest BCUT2D eigenvalue weighted by Crippen LogP contribution is -1.56. The molecule has 0 bridgehead atoms. The molecule has 0 heterocycles. The first kappa shape index (κ1) is 4.39. The topological polar surface area (TPSA) is 23.8 Å². The molecule has 1 fully saturated rings. The van der Waals surface area contributed by atoms with Gasteiger partial charge in [0.15, 0.2) is 0 Å². The molecular formula is C6H7N. The van der Waals surface area contributed by atoms with E-state index in [0.717, 1.165) is 5.92 Å². The Morgan fingerprint density at radius 1 is 1.57 bits per heavy atom. The lowest BCUT2D eigenvalue weighted by Gasteiger charge is -1.67. The quantitative estimate of drug-likeness (QED) is 0.450. The van der Waals surface area contributed by atoms with Crippen molar-refractivity contribution in [1.29, 1.82) is 5.26 Å². The maximum atomic E-state index is 8.01. The van der Waals surface area contributed by atoms with Crippen LogP contribution >= 0.6 is 0 Å². The van der Waals surface area contributed by atoms with Crippen LogP contribution in [0.5, 0.6) is 0 Å². The molecule has 0 unspecified atom stereocenters. The van der Waals surface area contributed by atoms with Gasteiger partial charge in [0, 0.05) is 6.08 Å². The minimum atomic E-state index is 0.750. The number of hydrogen-bond acceptors (Lipinski definition) is 1. The summed E-state index contributed by atoms with van der Waals surface area (Å²) in [4.78, 5) is 0. The van der Waals surface area contributed by atoms with Gasteiger partial charge in [-0.25, -0.2) is 0 Å². The Balaban J connectivity index is 2.21. The highest BCUT2D eigenvalue weighted by Crippen LogP contribution is 2.29. The highest BCUT2D eigenvalue weighted by molar-refractivity contribution is 5.07. The average molecular weight is 93.1 g/mol. The number of allylic oxidation sites excluding steroid dienone is 2. The first-order valence-electron chi connectivity index (χ1n) is 2.50. The Kier molecular flexibility index (Phi) is 1.12. The van der Waals surface area contributed by atoms with E-state index in [9.17, 15) is 0 Å². The summed E-state index contributed by atoms with van der Waals surface area (Å²) in [5, 5.41) is 8.01. The van der Waals surface area contributed by atoms with Gasteiger partial charge in [-0.3, -0.25) is 0 Å². The molecule has 7 heavy (non-hydrogen) atoms. The lowest BCUT2D eigenvalue weighted by atomic mass is 10.4. The van der Waals surface area contributed by atoms with Crippen LogP contribution in [0, 0.1) is 17.2 Å². The van der Waals surface area contributed by atoms with Gasteiger partial charge >= 0.3 is 0 Å². The molecule has 1 aliphatic carbocycles. The fourth-order valence-electron chi connectivity index (χ4n) is 0.468. The van der Waals surface area contributed by atoms with Gasteiger partial charge in [0.1, 0.15) is 0 Å². The molecule has 1 rings (SSSR count). The molecule has 1 heteroatoms. The second kappa shape index (κ2) is 1.79. The summed E-state index contributed by atoms with van der Waals surface area (Å²) in [6, 6.07) is 1.96. The Hall–Kier alpha value is -0.770. The van der Waals surface area contributed by atoms with Gasteiger partial charge in [-0.05, 0) is 18.8 Å². The molecule has 0 aromatic heterocycles. The van der Waals surface area contributed by atoms with Crippen LogP contribution in [0.2, 0.25) is 0 Å². The standard InChI is InChI=1S/C6H7N/c7-5-1-2-6-3-4-6/h1-2,6H,3-4H2/b2-1+. The highest BCUT2D eigenvalue weighted by Gasteiger charge is 2.16. The van der Waals surface area contributed by atoms with Gasteiger partial charge in [-0.2, -0.15) is 5.26 Å². The van der Waals surface area contributed by atoms with Crippen molar-refractivity contribution >= 4 is 0 Å². The van der Waals surface area contributed by atoms with Crippen LogP contribution in [0.25, 0.3) is 0 Å². The number of rotatable bonds is 1. The second-order valence-corrected chi connectivity index (χ2v) is 1.83. The zero-order valence-corrected chi connectivity index (χ0v) is 4.09. The summed E-state index contributed by atoms with van der Waals surface area (Å²) in [7, 11) is 0. The minimum absolute atomic E-state index is 0.750. The fourth-order valence-corrected chi connectivity index (χ4v) is 0.468. The summed E-state index contributed by atoms with van der Waals surface area (Å²) >= 11 is 0. The van der Waals surface area contributed by atoms with Crippen LogP contribution < -0.4 is 0 Å². The molecule has 36 valence electrons. The zero-order valence-electron chi connectivity index (χ0n) is 4.09. The molecule has 0 atom stereocenters. The molecule has 0 N–H and O–H groups in total. The van der Waals surface area contributed by atoms with E-state index in [1.165, 1.54) is 12.8 Å². The van der Waals surface area contributed by atoms with Crippen LogP contribution in [0.1, 0.15) is 12.8 Å². The van der Waals surface area contributed by atoms with Gasteiger partial charge < -0.3 is 0 Å². The van der Waals surface area contributed by atoms with Crippen LogP contribution in [-0.2, 0) is 0 Å². The summed E-state index contributed by atoms with van der Waals surface area (Å²) < 4.78 is 0. The van der Waals surface area contributed by atoms with Gasteiger partial charge in [-0.1, -0.05) is 6.08 Å². The smallest absolute Gasteiger partial charge is 0.0908 e. The lowest BCUT2D eigenvalue weighted by molar-refractivity contribution is 1.12. The van der Waals surface area contributed by atoms with Crippen molar-refractivity contribution in [3.63, 3.8) is 0 Å². The molecule has 0 aromatic rings. The SMILES string of the molecule is N#C/C=C/C1CC1. The van der Waals surface area contributed by atoms with Crippen molar-refractivity contribution in [2.24, 2.45) is 5.92 Å². The van der Waals surface area contributed by atoms with Crippen LogP contribution in [0.4, 0.5) is 0 Å². The monoisotopic (exact) mass is 93.1 g/mol. The highest BCUT2D eigenvalue weighted by atomic mass is 14.2. The van der Waals surface area contributed by atoms with E-state index in [1.54, 1.807) is 6.08 Å². The third-order valence-corrected chi connectivity index (χ3v) is 1.06.